The summed E-state index contributed by atoms with van der Waals surface area (Å²) in [5.74, 6) is -0.523. The minimum atomic E-state index is -3.49. The van der Waals surface area contributed by atoms with Crippen LogP contribution in [0.4, 0.5) is 0 Å². The number of rotatable bonds is 13. The van der Waals surface area contributed by atoms with Crippen molar-refractivity contribution >= 4 is 43.9 Å². The fourth-order valence-corrected chi connectivity index (χ4v) is 6.10. The number of likely N-dealkylation sites (N-methyl/N-ethyl adjacent to an activating group) is 2. The summed E-state index contributed by atoms with van der Waals surface area (Å²) >= 11 is 0. The van der Waals surface area contributed by atoms with Gasteiger partial charge in [-0.3, -0.25) is 14.4 Å². The van der Waals surface area contributed by atoms with E-state index in [2.05, 4.69) is 21.3 Å². The number of carbonyl (C=O) groups excluding carboxylic acids is 3. The van der Waals surface area contributed by atoms with Gasteiger partial charge in [-0.15, -0.1) is 0 Å². The van der Waals surface area contributed by atoms with Crippen LogP contribution in [0.3, 0.4) is 0 Å². The lowest BCUT2D eigenvalue weighted by Crippen LogP contribution is -2.43. The molecule has 1 aliphatic rings. The second-order valence-electron chi connectivity index (χ2n) is 9.63. The van der Waals surface area contributed by atoms with E-state index in [-0.39, 0.29) is 29.7 Å². The second-order valence-corrected chi connectivity index (χ2v) is 11.4. The van der Waals surface area contributed by atoms with Crippen LogP contribution < -0.4 is 26.0 Å². The lowest BCUT2D eigenvalue weighted by atomic mass is 10.00. The zero-order valence-corrected chi connectivity index (χ0v) is 23.8. The molecular weight excluding hydrogens is 544 g/mol. The molecule has 1 unspecified atom stereocenters. The van der Waals surface area contributed by atoms with Crippen LogP contribution >= 0.6 is 0 Å². The molecule has 1 aliphatic heterocycles. The van der Waals surface area contributed by atoms with Crippen molar-refractivity contribution in [2.24, 2.45) is 0 Å². The molecule has 0 saturated carbocycles. The summed E-state index contributed by atoms with van der Waals surface area (Å²) in [6.07, 6.45) is 1.50. The number of benzene rings is 3. The van der Waals surface area contributed by atoms with Crippen LogP contribution in [0.5, 0.6) is 5.75 Å². The topological polar surface area (TPSA) is 143 Å². The normalized spacial score (nSPS) is 14.0. The Bertz CT molecular complexity index is 1580. The zero-order chi connectivity index (χ0) is 29.4. The molecule has 3 amide bonds. The van der Waals surface area contributed by atoms with E-state index in [9.17, 15) is 22.8 Å². The zero-order valence-electron chi connectivity index (χ0n) is 23.0. The SMILES string of the molecule is CNC(=O)CNC(=O)c1cc2ccccc2cc1OCCCCNC(=O)C(CC1=CS(=O)(=O)c2ccccc21)NC. The molecule has 0 fully saturated rings. The van der Waals surface area contributed by atoms with Gasteiger partial charge in [0.1, 0.15) is 5.75 Å². The largest absolute Gasteiger partial charge is 0.493 e. The highest BCUT2D eigenvalue weighted by molar-refractivity contribution is 7.95. The fourth-order valence-electron chi connectivity index (χ4n) is 4.60. The van der Waals surface area contributed by atoms with E-state index >= 15 is 0 Å². The van der Waals surface area contributed by atoms with Crippen molar-refractivity contribution in [1.29, 1.82) is 0 Å². The first kappa shape index (κ1) is 29.8. The Balaban J connectivity index is 1.29. The molecule has 3 aromatic rings. The van der Waals surface area contributed by atoms with Crippen molar-refractivity contribution in [3.8, 4) is 5.75 Å². The van der Waals surface area contributed by atoms with Gasteiger partial charge in [0.25, 0.3) is 5.91 Å². The first-order valence-corrected chi connectivity index (χ1v) is 14.9. The van der Waals surface area contributed by atoms with Crippen LogP contribution in [-0.4, -0.2) is 66.0 Å². The summed E-state index contributed by atoms with van der Waals surface area (Å²) in [7, 11) is -0.326. The number of nitrogens with one attached hydrogen (secondary N) is 4. The minimum Gasteiger partial charge on any atom is -0.493 e. The Kier molecular flexibility index (Phi) is 9.74. The Labute approximate surface area is 239 Å². The molecule has 0 aliphatic carbocycles. The number of hydrogen-bond donors (Lipinski definition) is 4. The van der Waals surface area contributed by atoms with Gasteiger partial charge in [0.2, 0.25) is 21.7 Å². The molecule has 3 aromatic carbocycles. The van der Waals surface area contributed by atoms with Crippen molar-refractivity contribution < 1.29 is 27.5 Å². The summed E-state index contributed by atoms with van der Waals surface area (Å²) < 4.78 is 30.8. The highest BCUT2D eigenvalue weighted by atomic mass is 32.2. The first-order chi connectivity index (χ1) is 19.7. The molecule has 0 radical (unpaired) electrons. The molecule has 4 N–H and O–H groups in total. The third-order valence-electron chi connectivity index (χ3n) is 6.83. The van der Waals surface area contributed by atoms with Gasteiger partial charge in [-0.05, 0) is 66.4 Å². The van der Waals surface area contributed by atoms with Crippen molar-refractivity contribution in [3.05, 3.63) is 77.2 Å². The van der Waals surface area contributed by atoms with Crippen LogP contribution in [0.1, 0.15) is 35.2 Å². The van der Waals surface area contributed by atoms with E-state index in [0.29, 0.717) is 48.4 Å². The molecule has 0 aromatic heterocycles. The summed E-state index contributed by atoms with van der Waals surface area (Å²) in [6.45, 7) is 0.584. The predicted octanol–water partition coefficient (Wildman–Crippen LogP) is 2.40. The van der Waals surface area contributed by atoms with Gasteiger partial charge in [0, 0.05) is 19.0 Å². The molecule has 0 saturated heterocycles. The van der Waals surface area contributed by atoms with Gasteiger partial charge in [-0.1, -0.05) is 42.5 Å². The van der Waals surface area contributed by atoms with Crippen LogP contribution in [0.25, 0.3) is 16.3 Å². The monoisotopic (exact) mass is 578 g/mol. The Morgan fingerprint density at radius 2 is 1.61 bits per heavy atom. The molecule has 0 spiro atoms. The smallest absolute Gasteiger partial charge is 0.255 e. The van der Waals surface area contributed by atoms with Gasteiger partial charge in [0.15, 0.2) is 0 Å². The summed E-state index contributed by atoms with van der Waals surface area (Å²) in [5.41, 5.74) is 1.57. The summed E-state index contributed by atoms with van der Waals surface area (Å²) in [4.78, 5) is 37.4. The first-order valence-electron chi connectivity index (χ1n) is 13.4. The number of carbonyl (C=O) groups is 3. The highest BCUT2D eigenvalue weighted by Gasteiger charge is 2.29. The number of amides is 3. The van der Waals surface area contributed by atoms with E-state index in [0.717, 1.165) is 10.8 Å². The maximum atomic E-state index is 12.8. The van der Waals surface area contributed by atoms with E-state index in [1.807, 2.05) is 24.3 Å². The Morgan fingerprint density at radius 1 is 0.902 bits per heavy atom. The number of unbranched alkanes of at least 4 members (excludes halogenated alkanes) is 1. The van der Waals surface area contributed by atoms with Gasteiger partial charge in [0.05, 0.1) is 29.7 Å². The van der Waals surface area contributed by atoms with Crippen molar-refractivity contribution in [3.63, 3.8) is 0 Å². The predicted molar refractivity (Wildman–Crippen MR) is 157 cm³/mol. The van der Waals surface area contributed by atoms with E-state index in [1.165, 1.54) is 12.5 Å². The third kappa shape index (κ3) is 7.30. The number of hydrogen-bond acceptors (Lipinski definition) is 7. The average Bonchev–Trinajstić information content (AvgIpc) is 3.24. The molecule has 0 bridgehead atoms. The third-order valence-corrected chi connectivity index (χ3v) is 8.40. The van der Waals surface area contributed by atoms with Gasteiger partial charge < -0.3 is 26.0 Å². The number of sulfone groups is 1. The molecule has 11 heteroatoms. The summed E-state index contributed by atoms with van der Waals surface area (Å²) in [6, 6.07) is 17.4. The molecule has 216 valence electrons. The quantitative estimate of drug-likeness (QED) is 0.228. The van der Waals surface area contributed by atoms with E-state index in [4.69, 9.17) is 4.74 Å². The minimum absolute atomic E-state index is 0.144. The van der Waals surface area contributed by atoms with Gasteiger partial charge in [-0.25, -0.2) is 8.42 Å². The maximum absolute atomic E-state index is 12.8. The standard InChI is InChI=1S/C30H34N4O6S/c1-31-25(16-22-19-41(38,39)27-12-6-5-11-23(22)27)30(37)33-13-7-8-14-40-26-17-21-10-4-3-9-20(21)15-24(26)29(36)34-18-28(35)32-2/h3-6,9-12,15,17,19,25,31H,7-8,13-14,16,18H2,1-2H3,(H,32,35)(H,33,37)(H,34,36). The molecular formula is C30H34N4O6S. The van der Waals surface area contributed by atoms with Crippen LogP contribution in [-0.2, 0) is 19.4 Å². The fraction of sp³-hybridized carbons (Fsp3) is 0.300. The van der Waals surface area contributed by atoms with Gasteiger partial charge >= 0.3 is 0 Å². The molecule has 1 atom stereocenters. The number of fused-ring (bicyclic) bond motifs is 2. The van der Waals surface area contributed by atoms with E-state index in [1.54, 1.807) is 43.4 Å². The number of ether oxygens (including phenoxy) is 1. The van der Waals surface area contributed by atoms with Crippen LogP contribution in [0.2, 0.25) is 0 Å². The maximum Gasteiger partial charge on any atom is 0.255 e. The van der Waals surface area contributed by atoms with Crippen molar-refractivity contribution in [1.82, 2.24) is 21.3 Å². The van der Waals surface area contributed by atoms with Crippen molar-refractivity contribution in [2.45, 2.75) is 30.2 Å². The lowest BCUT2D eigenvalue weighted by molar-refractivity contribution is -0.123. The lowest BCUT2D eigenvalue weighted by Gasteiger charge is -2.17. The van der Waals surface area contributed by atoms with Crippen LogP contribution in [0.15, 0.2) is 71.0 Å². The highest BCUT2D eigenvalue weighted by Crippen LogP contribution is 2.35. The molecule has 10 nitrogen and oxygen atoms in total. The molecule has 4 rings (SSSR count). The Morgan fingerprint density at radius 3 is 2.34 bits per heavy atom. The Hall–Kier alpha value is -4.22. The van der Waals surface area contributed by atoms with Crippen molar-refractivity contribution in [2.75, 3.05) is 33.8 Å². The van der Waals surface area contributed by atoms with Crippen LogP contribution in [0, 0.1) is 0 Å². The molecule has 1 heterocycles. The molecule has 41 heavy (non-hydrogen) atoms. The van der Waals surface area contributed by atoms with Gasteiger partial charge in [-0.2, -0.15) is 0 Å². The van der Waals surface area contributed by atoms with E-state index < -0.39 is 21.8 Å². The second kappa shape index (κ2) is 13.4. The average molecular weight is 579 g/mol. The summed E-state index contributed by atoms with van der Waals surface area (Å²) in [5, 5.41) is 14.0.